The minimum absolute atomic E-state index is 0.00250. The lowest BCUT2D eigenvalue weighted by Crippen LogP contribution is -2.45. The maximum Gasteiger partial charge on any atom is 0.573 e. The molecule has 1 atom stereocenters. The third kappa shape index (κ3) is 5.68. The van der Waals surface area contributed by atoms with E-state index in [4.69, 9.17) is 0 Å². The molecule has 0 heterocycles. The number of carbonyl (C=O) groups is 2. The number of aryl methyl sites for hydroxylation is 1. The highest BCUT2D eigenvalue weighted by molar-refractivity contribution is 5.95. The molecule has 8 heteroatoms. The first-order chi connectivity index (χ1) is 16.8. The van der Waals surface area contributed by atoms with Gasteiger partial charge in [-0.25, -0.2) is 4.79 Å². The fourth-order valence-electron chi connectivity index (χ4n) is 5.75. The Morgan fingerprint density at radius 3 is 2.08 bits per heavy atom. The van der Waals surface area contributed by atoms with Crippen LogP contribution in [-0.4, -0.2) is 34.3 Å². The van der Waals surface area contributed by atoms with Gasteiger partial charge in [0.2, 0.25) is 0 Å². The summed E-state index contributed by atoms with van der Waals surface area (Å²) in [6.45, 7) is 6.70. The van der Waals surface area contributed by atoms with Gasteiger partial charge in [-0.15, -0.1) is 13.2 Å². The average Bonchev–Trinajstić information content (AvgIpc) is 3.21. The SMILES string of the molecule is CC(C)(C)C1CCC(N(C(=O)c2ccc(OC(F)(F)F)cc2)C2CCc3cc(C(=O)O)ccc32)CC1. The minimum atomic E-state index is -4.80. The van der Waals surface area contributed by atoms with Gasteiger partial charge in [-0.2, -0.15) is 0 Å². The van der Waals surface area contributed by atoms with Crippen molar-refractivity contribution in [2.75, 3.05) is 0 Å². The highest BCUT2D eigenvalue weighted by atomic mass is 19.4. The van der Waals surface area contributed by atoms with Gasteiger partial charge in [0.25, 0.3) is 5.91 Å². The van der Waals surface area contributed by atoms with E-state index in [0.717, 1.165) is 48.9 Å². The van der Waals surface area contributed by atoms with Gasteiger partial charge in [-0.1, -0.05) is 26.8 Å². The number of hydrogen-bond donors (Lipinski definition) is 1. The van der Waals surface area contributed by atoms with Gasteiger partial charge in [-0.3, -0.25) is 4.79 Å². The van der Waals surface area contributed by atoms with Crippen molar-refractivity contribution in [2.45, 2.75) is 77.7 Å². The largest absolute Gasteiger partial charge is 0.573 e. The van der Waals surface area contributed by atoms with Gasteiger partial charge >= 0.3 is 12.3 Å². The number of halogens is 3. The molecule has 4 rings (SSSR count). The second-order valence-electron chi connectivity index (χ2n) is 10.9. The van der Waals surface area contributed by atoms with Crippen molar-refractivity contribution in [1.29, 1.82) is 0 Å². The van der Waals surface area contributed by atoms with Crippen molar-refractivity contribution in [3.63, 3.8) is 0 Å². The molecule has 0 aromatic heterocycles. The molecule has 2 aliphatic rings. The maximum absolute atomic E-state index is 13.9. The lowest BCUT2D eigenvalue weighted by molar-refractivity contribution is -0.274. The molecule has 1 N–H and O–H groups in total. The smallest absolute Gasteiger partial charge is 0.478 e. The van der Waals surface area contributed by atoms with Crippen LogP contribution >= 0.6 is 0 Å². The maximum atomic E-state index is 13.9. The number of benzene rings is 2. The van der Waals surface area contributed by atoms with Crippen molar-refractivity contribution in [1.82, 2.24) is 4.90 Å². The quantitative estimate of drug-likeness (QED) is 0.476. The molecule has 1 fully saturated rings. The van der Waals surface area contributed by atoms with Crippen molar-refractivity contribution in [3.8, 4) is 5.75 Å². The number of carboxylic acid groups (broad SMARTS) is 1. The summed E-state index contributed by atoms with van der Waals surface area (Å²) in [7, 11) is 0. The first-order valence-corrected chi connectivity index (χ1v) is 12.4. The fourth-order valence-corrected chi connectivity index (χ4v) is 5.75. The molecule has 2 aliphatic carbocycles. The Morgan fingerprint density at radius 2 is 1.53 bits per heavy atom. The molecule has 0 spiro atoms. The van der Waals surface area contributed by atoms with Gasteiger partial charge in [0.15, 0.2) is 0 Å². The molecular weight excluding hydrogens is 471 g/mol. The van der Waals surface area contributed by atoms with Gasteiger partial charge in [-0.05, 0) is 97.4 Å². The standard InChI is InChI=1S/C28H32F3NO4/c1-27(2,3)20-8-10-21(11-9-20)32(24-15-7-18-16-19(26(34)35)6-14-23(18)24)25(33)17-4-12-22(13-5-17)36-28(29,30)31/h4-6,12-14,16,20-21,24H,7-11,15H2,1-3H3,(H,34,35). The van der Waals surface area contributed by atoms with E-state index >= 15 is 0 Å². The molecule has 194 valence electrons. The molecule has 0 aliphatic heterocycles. The van der Waals surface area contributed by atoms with Crippen molar-refractivity contribution >= 4 is 11.9 Å². The summed E-state index contributed by atoms with van der Waals surface area (Å²) in [5, 5.41) is 9.37. The van der Waals surface area contributed by atoms with Crippen molar-refractivity contribution in [3.05, 3.63) is 64.7 Å². The number of amides is 1. The van der Waals surface area contributed by atoms with Gasteiger partial charge in [0, 0.05) is 11.6 Å². The van der Waals surface area contributed by atoms with Gasteiger partial charge in [0.1, 0.15) is 5.75 Å². The van der Waals surface area contributed by atoms with E-state index in [0.29, 0.717) is 24.3 Å². The van der Waals surface area contributed by atoms with E-state index in [2.05, 4.69) is 25.5 Å². The molecular formula is C28H32F3NO4. The van der Waals surface area contributed by atoms with Crippen LogP contribution in [0.15, 0.2) is 42.5 Å². The number of fused-ring (bicyclic) bond motifs is 1. The predicted octanol–water partition coefficient (Wildman–Crippen LogP) is 7.02. The number of hydrogen-bond acceptors (Lipinski definition) is 3. The van der Waals surface area contributed by atoms with E-state index < -0.39 is 12.3 Å². The molecule has 1 saturated carbocycles. The third-order valence-electron chi connectivity index (χ3n) is 7.66. The molecule has 2 aromatic rings. The Morgan fingerprint density at radius 1 is 0.917 bits per heavy atom. The Balaban J connectivity index is 1.64. The van der Waals surface area contributed by atoms with Crippen LogP contribution in [0.4, 0.5) is 13.2 Å². The second-order valence-corrected chi connectivity index (χ2v) is 10.9. The van der Waals surface area contributed by atoms with Crippen LogP contribution in [0.3, 0.4) is 0 Å². The first kappa shape index (κ1) is 26.0. The normalized spacial score (nSPS) is 22.1. The van der Waals surface area contributed by atoms with Crippen LogP contribution in [0.5, 0.6) is 5.75 Å². The summed E-state index contributed by atoms with van der Waals surface area (Å²) in [6, 6.07) is 9.92. The van der Waals surface area contributed by atoms with E-state index in [1.54, 1.807) is 18.2 Å². The number of ether oxygens (including phenoxy) is 1. The van der Waals surface area contributed by atoms with E-state index in [1.165, 1.54) is 12.1 Å². The van der Waals surface area contributed by atoms with Crippen LogP contribution in [-0.2, 0) is 6.42 Å². The number of rotatable bonds is 5. The van der Waals surface area contributed by atoms with E-state index in [-0.39, 0.29) is 34.7 Å². The molecule has 36 heavy (non-hydrogen) atoms. The zero-order valence-electron chi connectivity index (χ0n) is 20.8. The zero-order chi connectivity index (χ0) is 26.3. The first-order valence-electron chi connectivity index (χ1n) is 12.4. The summed E-state index contributed by atoms with van der Waals surface area (Å²) in [6.07, 6.45) is 0.233. The van der Waals surface area contributed by atoms with Crippen molar-refractivity contribution in [2.24, 2.45) is 11.3 Å². The predicted molar refractivity (Wildman–Crippen MR) is 129 cm³/mol. The summed E-state index contributed by atoms with van der Waals surface area (Å²) in [5.41, 5.74) is 2.58. The number of carbonyl (C=O) groups excluding carboxylic acids is 1. The van der Waals surface area contributed by atoms with Crippen LogP contribution in [0.2, 0.25) is 0 Å². The van der Waals surface area contributed by atoms with Crippen LogP contribution in [0, 0.1) is 11.3 Å². The fraction of sp³-hybridized carbons (Fsp3) is 0.500. The highest BCUT2D eigenvalue weighted by Crippen LogP contribution is 2.44. The number of aromatic carboxylic acids is 1. The Bertz CT molecular complexity index is 1110. The topological polar surface area (TPSA) is 66.8 Å². The van der Waals surface area contributed by atoms with Gasteiger partial charge in [0.05, 0.1) is 11.6 Å². The van der Waals surface area contributed by atoms with Crippen LogP contribution in [0.25, 0.3) is 0 Å². The number of alkyl halides is 3. The number of nitrogens with zero attached hydrogens (tertiary/aromatic N) is 1. The molecule has 2 aromatic carbocycles. The summed E-state index contributed by atoms with van der Waals surface area (Å²) in [5.74, 6) is -1.04. The van der Waals surface area contributed by atoms with Crippen LogP contribution < -0.4 is 4.74 Å². The third-order valence-corrected chi connectivity index (χ3v) is 7.66. The lowest BCUT2D eigenvalue weighted by Gasteiger charge is -2.43. The lowest BCUT2D eigenvalue weighted by atomic mass is 9.71. The molecule has 1 amide bonds. The second kappa shape index (κ2) is 9.79. The minimum Gasteiger partial charge on any atom is -0.478 e. The Labute approximate surface area is 209 Å². The monoisotopic (exact) mass is 503 g/mol. The summed E-state index contributed by atoms with van der Waals surface area (Å²) >= 11 is 0. The Hall–Kier alpha value is -3.03. The summed E-state index contributed by atoms with van der Waals surface area (Å²) in [4.78, 5) is 27.2. The number of carboxylic acids is 1. The van der Waals surface area contributed by atoms with Gasteiger partial charge < -0.3 is 14.7 Å². The van der Waals surface area contributed by atoms with E-state index in [9.17, 15) is 27.9 Å². The molecule has 0 radical (unpaired) electrons. The zero-order valence-corrected chi connectivity index (χ0v) is 20.8. The van der Waals surface area contributed by atoms with E-state index in [1.807, 2.05) is 4.90 Å². The average molecular weight is 504 g/mol. The Kier molecular flexibility index (Phi) is 7.08. The molecule has 1 unspecified atom stereocenters. The molecule has 5 nitrogen and oxygen atoms in total. The molecule has 0 bridgehead atoms. The summed E-state index contributed by atoms with van der Waals surface area (Å²) < 4.78 is 41.7. The highest BCUT2D eigenvalue weighted by Gasteiger charge is 2.39. The molecule has 0 saturated heterocycles. The van der Waals surface area contributed by atoms with Crippen LogP contribution in [0.1, 0.15) is 90.8 Å². The van der Waals surface area contributed by atoms with Crippen molar-refractivity contribution < 1.29 is 32.6 Å².